The summed E-state index contributed by atoms with van der Waals surface area (Å²) in [7, 11) is 2.87. The monoisotopic (exact) mass is 464 g/mol. The smallest absolute Gasteiger partial charge is 0.297 e. The van der Waals surface area contributed by atoms with Gasteiger partial charge in [-0.2, -0.15) is 10.1 Å². The van der Waals surface area contributed by atoms with Crippen molar-refractivity contribution < 1.29 is 13.6 Å². The number of fused-ring (bicyclic) bond motifs is 3. The van der Waals surface area contributed by atoms with Gasteiger partial charge in [-0.25, -0.2) is 18.6 Å². The summed E-state index contributed by atoms with van der Waals surface area (Å²) < 4.78 is 30.6. The first-order valence-corrected chi connectivity index (χ1v) is 10.3. The number of hydrazone groups is 1. The number of hydrogen-bond donors (Lipinski definition) is 0. The van der Waals surface area contributed by atoms with Crippen LogP contribution in [0, 0.1) is 11.6 Å². The molecule has 0 aliphatic carbocycles. The Hall–Kier alpha value is -4.41. The van der Waals surface area contributed by atoms with Gasteiger partial charge in [0.1, 0.15) is 18.2 Å². The quantitative estimate of drug-likeness (QED) is 0.430. The topological polar surface area (TPSA) is 94.5 Å². The van der Waals surface area contributed by atoms with E-state index in [4.69, 9.17) is 0 Å². The molecule has 0 bridgehead atoms. The van der Waals surface area contributed by atoms with Gasteiger partial charge in [-0.1, -0.05) is 12.1 Å². The lowest BCUT2D eigenvalue weighted by Gasteiger charge is -2.25. The fourth-order valence-electron chi connectivity index (χ4n) is 3.91. The van der Waals surface area contributed by atoms with Crippen LogP contribution in [0.5, 0.6) is 0 Å². The maximum Gasteiger partial charge on any atom is 0.332 e. The molecular formula is C23H18F2N6O3. The van der Waals surface area contributed by atoms with Crippen molar-refractivity contribution in [2.75, 3.05) is 11.6 Å². The molecule has 0 radical (unpaired) electrons. The van der Waals surface area contributed by atoms with Crippen LogP contribution in [0.4, 0.5) is 14.7 Å². The molecule has 2 aromatic carbocycles. The molecule has 5 rings (SSSR count). The molecule has 1 aliphatic rings. The Kier molecular flexibility index (Phi) is 4.96. The number of halogens is 2. The number of rotatable bonds is 4. The Morgan fingerprint density at radius 1 is 0.941 bits per heavy atom. The molecule has 0 fully saturated rings. The third kappa shape index (κ3) is 3.41. The molecule has 9 nitrogen and oxygen atoms in total. The molecule has 0 atom stereocenters. The van der Waals surface area contributed by atoms with Crippen LogP contribution >= 0.6 is 0 Å². The van der Waals surface area contributed by atoms with Crippen LogP contribution in [0.1, 0.15) is 15.9 Å². The second-order valence-corrected chi connectivity index (χ2v) is 7.92. The molecule has 2 aromatic heterocycles. The standard InChI is InChI=1S/C23H18F2N6O3/c1-28-20-19(21(33)29(2)23(28)34)30-11-17(13-3-7-15(24)8-4-13)27-31(22(30)26-20)12-18(32)14-5-9-16(25)10-6-14/h3-10H,11-12H2,1-2H3. The van der Waals surface area contributed by atoms with Crippen LogP contribution in [-0.2, 0) is 20.6 Å². The molecule has 0 N–H and O–H groups in total. The van der Waals surface area contributed by atoms with Crippen LogP contribution < -0.4 is 16.3 Å². The Balaban J connectivity index is 1.67. The van der Waals surface area contributed by atoms with Gasteiger partial charge in [0.2, 0.25) is 5.95 Å². The average Bonchev–Trinajstić information content (AvgIpc) is 3.22. The van der Waals surface area contributed by atoms with E-state index >= 15 is 0 Å². The molecule has 34 heavy (non-hydrogen) atoms. The van der Waals surface area contributed by atoms with E-state index in [0.717, 1.165) is 4.57 Å². The Labute approximate surface area is 190 Å². The number of anilines is 1. The van der Waals surface area contributed by atoms with Crippen molar-refractivity contribution in [2.24, 2.45) is 19.2 Å². The summed E-state index contributed by atoms with van der Waals surface area (Å²) in [5.74, 6) is -1.04. The van der Waals surface area contributed by atoms with E-state index in [-0.39, 0.29) is 41.5 Å². The van der Waals surface area contributed by atoms with Gasteiger partial charge < -0.3 is 0 Å². The van der Waals surface area contributed by atoms with Crippen molar-refractivity contribution in [1.29, 1.82) is 0 Å². The zero-order valence-corrected chi connectivity index (χ0v) is 18.2. The van der Waals surface area contributed by atoms with Gasteiger partial charge in [0.15, 0.2) is 16.9 Å². The Morgan fingerprint density at radius 2 is 1.56 bits per heavy atom. The highest BCUT2D eigenvalue weighted by atomic mass is 19.1. The predicted octanol–water partition coefficient (Wildman–Crippen LogP) is 1.82. The summed E-state index contributed by atoms with van der Waals surface area (Å²) in [5.41, 5.74) is 0.579. The lowest BCUT2D eigenvalue weighted by atomic mass is 10.1. The number of aromatic nitrogens is 4. The molecule has 0 saturated carbocycles. The van der Waals surface area contributed by atoms with Crippen LogP contribution in [0.2, 0.25) is 0 Å². The van der Waals surface area contributed by atoms with Gasteiger partial charge in [0.05, 0.1) is 12.3 Å². The largest absolute Gasteiger partial charge is 0.332 e. The number of ketones is 1. The van der Waals surface area contributed by atoms with Crippen LogP contribution in [-0.4, -0.2) is 36.7 Å². The molecule has 0 unspecified atom stereocenters. The Bertz CT molecular complexity index is 1600. The number of hydrogen-bond acceptors (Lipinski definition) is 6. The molecular weight excluding hydrogens is 446 g/mol. The number of nitrogens with zero attached hydrogens (tertiary/aromatic N) is 6. The van der Waals surface area contributed by atoms with Gasteiger partial charge >= 0.3 is 5.69 Å². The van der Waals surface area contributed by atoms with E-state index < -0.39 is 22.9 Å². The van der Waals surface area contributed by atoms with E-state index in [1.807, 2.05) is 0 Å². The fourth-order valence-corrected chi connectivity index (χ4v) is 3.91. The second kappa shape index (κ2) is 7.87. The summed E-state index contributed by atoms with van der Waals surface area (Å²) in [6.45, 7) is -0.139. The van der Waals surface area contributed by atoms with Gasteiger partial charge in [0, 0.05) is 19.7 Å². The van der Waals surface area contributed by atoms with E-state index in [1.54, 1.807) is 16.7 Å². The molecule has 11 heteroatoms. The SMILES string of the molecule is Cn1c(=O)c2c(nc3n2CC(c2ccc(F)cc2)=NN3CC(=O)c2ccc(F)cc2)n(C)c1=O. The zero-order chi connectivity index (χ0) is 24.1. The number of Topliss-reactive ketones (excluding diaryl/α,β-unsaturated/α-hetero) is 1. The molecule has 0 saturated heterocycles. The molecule has 172 valence electrons. The minimum Gasteiger partial charge on any atom is -0.297 e. The van der Waals surface area contributed by atoms with E-state index in [2.05, 4.69) is 10.1 Å². The van der Waals surface area contributed by atoms with E-state index in [1.165, 1.54) is 60.1 Å². The number of carbonyl (C=O) groups excluding carboxylic acids is 1. The summed E-state index contributed by atoms with van der Waals surface area (Å²) in [5, 5.41) is 5.89. The van der Waals surface area contributed by atoms with Crippen molar-refractivity contribution in [2.45, 2.75) is 6.54 Å². The predicted molar refractivity (Wildman–Crippen MR) is 121 cm³/mol. The fraction of sp³-hybridized carbons (Fsp3) is 0.174. The van der Waals surface area contributed by atoms with Crippen molar-refractivity contribution >= 4 is 28.6 Å². The summed E-state index contributed by atoms with van der Waals surface area (Å²) in [6.07, 6.45) is 0. The molecule has 3 heterocycles. The molecule has 4 aromatic rings. The average molecular weight is 464 g/mol. The lowest BCUT2D eigenvalue weighted by Crippen LogP contribution is -2.38. The van der Waals surface area contributed by atoms with Crippen LogP contribution in [0.15, 0.2) is 63.2 Å². The van der Waals surface area contributed by atoms with Crippen molar-refractivity contribution in [3.05, 3.63) is 92.1 Å². The third-order valence-electron chi connectivity index (χ3n) is 5.75. The number of benzene rings is 2. The summed E-state index contributed by atoms with van der Waals surface area (Å²) in [4.78, 5) is 42.8. The lowest BCUT2D eigenvalue weighted by molar-refractivity contribution is 0.0998. The van der Waals surface area contributed by atoms with Crippen molar-refractivity contribution in [3.8, 4) is 0 Å². The maximum absolute atomic E-state index is 13.5. The van der Waals surface area contributed by atoms with E-state index in [9.17, 15) is 23.2 Å². The second-order valence-electron chi connectivity index (χ2n) is 7.92. The highest BCUT2D eigenvalue weighted by Gasteiger charge is 2.29. The summed E-state index contributed by atoms with van der Waals surface area (Å²) in [6, 6.07) is 10.8. The first-order chi connectivity index (χ1) is 16.2. The Morgan fingerprint density at radius 3 is 2.21 bits per heavy atom. The highest BCUT2D eigenvalue weighted by Crippen LogP contribution is 2.26. The van der Waals surface area contributed by atoms with Gasteiger partial charge in [-0.05, 0) is 42.0 Å². The molecule has 0 amide bonds. The maximum atomic E-state index is 13.5. The van der Waals surface area contributed by atoms with Gasteiger partial charge in [-0.15, -0.1) is 0 Å². The highest BCUT2D eigenvalue weighted by molar-refractivity contribution is 6.04. The normalized spacial score (nSPS) is 13.2. The van der Waals surface area contributed by atoms with Gasteiger partial charge in [-0.3, -0.25) is 23.3 Å². The number of carbonyl (C=O) groups is 1. The van der Waals surface area contributed by atoms with Crippen LogP contribution in [0.3, 0.4) is 0 Å². The molecule has 1 aliphatic heterocycles. The summed E-state index contributed by atoms with van der Waals surface area (Å²) >= 11 is 0. The number of imidazole rings is 1. The van der Waals surface area contributed by atoms with Gasteiger partial charge in [0.25, 0.3) is 5.56 Å². The third-order valence-corrected chi connectivity index (χ3v) is 5.75. The number of aryl methyl sites for hydroxylation is 1. The van der Waals surface area contributed by atoms with E-state index in [0.29, 0.717) is 11.3 Å². The minimum absolute atomic E-state index is 0.117. The molecule has 0 spiro atoms. The van der Waals surface area contributed by atoms with Crippen molar-refractivity contribution in [1.82, 2.24) is 18.7 Å². The zero-order valence-electron chi connectivity index (χ0n) is 18.2. The minimum atomic E-state index is -0.540. The first-order valence-electron chi connectivity index (χ1n) is 10.3. The van der Waals surface area contributed by atoms with Crippen molar-refractivity contribution in [3.63, 3.8) is 0 Å². The first kappa shape index (κ1) is 21.4. The van der Waals surface area contributed by atoms with Crippen LogP contribution in [0.25, 0.3) is 11.2 Å².